The Hall–Kier alpha value is -2.90. The first kappa shape index (κ1) is 13.5. The summed E-state index contributed by atoms with van der Waals surface area (Å²) in [6, 6.07) is 2.37. The first-order valence-corrected chi connectivity index (χ1v) is 5.76. The summed E-state index contributed by atoms with van der Waals surface area (Å²) in [7, 11) is 1.83. The Morgan fingerprint density at radius 2 is 2.15 bits per heavy atom. The number of hydrogen-bond donors (Lipinski definition) is 3. The highest BCUT2D eigenvalue weighted by atomic mass is 16.4. The van der Waals surface area contributed by atoms with Crippen molar-refractivity contribution >= 4 is 17.7 Å². The molecule has 0 unspecified atom stereocenters. The average molecular weight is 275 g/mol. The fraction of sp³-hybridized carbons (Fsp3) is 0.167. The molecule has 8 heteroatoms. The molecule has 104 valence electrons. The third-order valence-corrected chi connectivity index (χ3v) is 2.57. The summed E-state index contributed by atoms with van der Waals surface area (Å²) in [5.74, 6) is -0.393. The number of hydrogen-bond acceptors (Lipinski definition) is 4. The third kappa shape index (κ3) is 3.31. The molecule has 2 aromatic rings. The lowest BCUT2D eigenvalue weighted by atomic mass is 10.3. The van der Waals surface area contributed by atoms with Crippen LogP contribution >= 0.6 is 0 Å². The van der Waals surface area contributed by atoms with E-state index >= 15 is 0 Å². The number of nitrogens with zero attached hydrogens (tertiary/aromatic N) is 3. The minimum Gasteiger partial charge on any atom is -0.477 e. The van der Waals surface area contributed by atoms with Crippen molar-refractivity contribution in [3.63, 3.8) is 0 Å². The first-order valence-electron chi connectivity index (χ1n) is 5.76. The molecular formula is C12H13N5O3. The summed E-state index contributed by atoms with van der Waals surface area (Å²) in [4.78, 5) is 30.0. The van der Waals surface area contributed by atoms with E-state index in [0.717, 1.165) is 5.82 Å². The number of carboxylic acid groups (broad SMARTS) is 1. The maximum Gasteiger partial charge on any atom is 0.354 e. The predicted octanol–water partition coefficient (Wildman–Crippen LogP) is 0.835. The van der Waals surface area contributed by atoms with Gasteiger partial charge in [-0.05, 0) is 12.1 Å². The number of nitrogens with one attached hydrogen (secondary N) is 2. The van der Waals surface area contributed by atoms with Crippen molar-refractivity contribution in [1.29, 1.82) is 0 Å². The lowest BCUT2D eigenvalue weighted by Crippen LogP contribution is -2.29. The summed E-state index contributed by atoms with van der Waals surface area (Å²) in [6.07, 6.45) is 4.71. The molecule has 2 heterocycles. The number of imidazole rings is 1. The van der Waals surface area contributed by atoms with Gasteiger partial charge in [0.25, 0.3) is 0 Å². The van der Waals surface area contributed by atoms with Gasteiger partial charge in [0.2, 0.25) is 0 Å². The number of carboxylic acids is 1. The number of amides is 2. The van der Waals surface area contributed by atoms with Crippen molar-refractivity contribution in [2.75, 3.05) is 5.32 Å². The number of aromatic nitrogens is 3. The van der Waals surface area contributed by atoms with Crippen LogP contribution in [0.4, 0.5) is 10.5 Å². The number of anilines is 1. The molecule has 0 saturated carbocycles. The van der Waals surface area contributed by atoms with Crippen LogP contribution in [0.1, 0.15) is 16.3 Å². The monoisotopic (exact) mass is 275 g/mol. The van der Waals surface area contributed by atoms with Gasteiger partial charge in [-0.3, -0.25) is 0 Å². The van der Waals surface area contributed by atoms with Crippen molar-refractivity contribution in [1.82, 2.24) is 19.9 Å². The molecule has 0 fully saturated rings. The number of aromatic carboxylic acids is 1. The Morgan fingerprint density at radius 3 is 2.70 bits per heavy atom. The van der Waals surface area contributed by atoms with Crippen LogP contribution in [0.15, 0.2) is 30.7 Å². The molecule has 0 aromatic carbocycles. The van der Waals surface area contributed by atoms with Gasteiger partial charge >= 0.3 is 12.0 Å². The molecule has 0 spiro atoms. The Morgan fingerprint density at radius 1 is 1.35 bits per heavy atom. The first-order chi connectivity index (χ1) is 9.56. The number of rotatable bonds is 4. The van der Waals surface area contributed by atoms with Gasteiger partial charge in [0.05, 0.1) is 18.4 Å². The molecule has 2 amide bonds. The molecule has 2 rings (SSSR count). The summed E-state index contributed by atoms with van der Waals surface area (Å²) in [5.41, 5.74) is 0.330. The zero-order valence-electron chi connectivity index (χ0n) is 10.7. The number of carbonyl (C=O) groups excluding carboxylic acids is 1. The van der Waals surface area contributed by atoms with Gasteiger partial charge in [-0.1, -0.05) is 0 Å². The van der Waals surface area contributed by atoms with Gasteiger partial charge < -0.3 is 20.3 Å². The van der Waals surface area contributed by atoms with Crippen molar-refractivity contribution in [3.8, 4) is 0 Å². The van der Waals surface area contributed by atoms with E-state index in [-0.39, 0.29) is 12.2 Å². The Bertz CT molecular complexity index is 620. The van der Waals surface area contributed by atoms with E-state index in [2.05, 4.69) is 20.6 Å². The standard InChI is InChI=1S/C12H13N5O3/c1-17-5-4-13-10(17)7-15-12(20)16-8-2-3-9(11(18)19)14-6-8/h2-6H,7H2,1H3,(H,18,19)(H2,15,16,20). The normalized spacial score (nSPS) is 10.1. The predicted molar refractivity (Wildman–Crippen MR) is 70.3 cm³/mol. The molecule has 0 aliphatic heterocycles. The molecule has 0 radical (unpaired) electrons. The molecule has 0 aliphatic rings. The van der Waals surface area contributed by atoms with Crippen molar-refractivity contribution in [2.45, 2.75) is 6.54 Å². The molecule has 8 nitrogen and oxygen atoms in total. The minimum atomic E-state index is -1.12. The average Bonchev–Trinajstić information content (AvgIpc) is 2.82. The largest absolute Gasteiger partial charge is 0.477 e. The topological polar surface area (TPSA) is 109 Å². The molecule has 0 saturated heterocycles. The van der Waals surface area contributed by atoms with E-state index in [9.17, 15) is 9.59 Å². The molecule has 0 aliphatic carbocycles. The molecule has 0 atom stereocenters. The summed E-state index contributed by atoms with van der Waals surface area (Å²) >= 11 is 0. The van der Waals surface area contributed by atoms with Crippen LogP contribution in [0, 0.1) is 0 Å². The minimum absolute atomic E-state index is 0.0797. The van der Waals surface area contributed by atoms with E-state index in [0.29, 0.717) is 5.69 Å². The maximum atomic E-state index is 11.6. The quantitative estimate of drug-likeness (QED) is 0.765. The third-order valence-electron chi connectivity index (χ3n) is 2.57. The highest BCUT2D eigenvalue weighted by Gasteiger charge is 2.06. The van der Waals surface area contributed by atoms with Crippen molar-refractivity contribution in [3.05, 3.63) is 42.2 Å². The zero-order valence-corrected chi connectivity index (χ0v) is 10.7. The van der Waals surface area contributed by atoms with Crippen LogP contribution in [0.5, 0.6) is 0 Å². The fourth-order valence-corrected chi connectivity index (χ4v) is 1.50. The SMILES string of the molecule is Cn1ccnc1CNC(=O)Nc1ccc(C(=O)O)nc1. The van der Waals surface area contributed by atoms with Crippen LogP contribution in [0.2, 0.25) is 0 Å². The van der Waals surface area contributed by atoms with E-state index < -0.39 is 12.0 Å². The van der Waals surface area contributed by atoms with Gasteiger partial charge in [0.15, 0.2) is 0 Å². The number of aryl methyl sites for hydroxylation is 1. The molecule has 2 aromatic heterocycles. The second-order valence-corrected chi connectivity index (χ2v) is 4.00. The second-order valence-electron chi connectivity index (χ2n) is 4.00. The number of pyridine rings is 1. The molecule has 3 N–H and O–H groups in total. The van der Waals surface area contributed by atoms with Crippen LogP contribution in [-0.4, -0.2) is 31.6 Å². The molecule has 20 heavy (non-hydrogen) atoms. The van der Waals surface area contributed by atoms with E-state index in [4.69, 9.17) is 5.11 Å². The van der Waals surface area contributed by atoms with Crippen molar-refractivity contribution < 1.29 is 14.7 Å². The van der Waals surface area contributed by atoms with Crippen LogP contribution in [0.25, 0.3) is 0 Å². The van der Waals surface area contributed by atoms with Crippen LogP contribution < -0.4 is 10.6 Å². The maximum absolute atomic E-state index is 11.6. The lowest BCUT2D eigenvalue weighted by Gasteiger charge is -2.07. The highest BCUT2D eigenvalue weighted by molar-refractivity contribution is 5.90. The molecule has 0 bridgehead atoms. The van der Waals surface area contributed by atoms with Gasteiger partial charge in [-0.25, -0.2) is 19.6 Å². The van der Waals surface area contributed by atoms with Gasteiger partial charge in [-0.2, -0.15) is 0 Å². The lowest BCUT2D eigenvalue weighted by molar-refractivity contribution is 0.0690. The van der Waals surface area contributed by atoms with Gasteiger partial charge in [-0.15, -0.1) is 0 Å². The summed E-state index contributed by atoms with van der Waals surface area (Å²) in [6.45, 7) is 0.288. The Labute approximate surface area is 114 Å². The summed E-state index contributed by atoms with van der Waals surface area (Å²) in [5, 5.41) is 13.9. The van der Waals surface area contributed by atoms with Crippen LogP contribution in [-0.2, 0) is 13.6 Å². The molecular weight excluding hydrogens is 262 g/mol. The van der Waals surface area contributed by atoms with E-state index in [1.165, 1.54) is 18.3 Å². The fourth-order valence-electron chi connectivity index (χ4n) is 1.50. The Balaban J connectivity index is 1.88. The second kappa shape index (κ2) is 5.83. The van der Waals surface area contributed by atoms with E-state index in [1.807, 2.05) is 7.05 Å². The van der Waals surface area contributed by atoms with E-state index in [1.54, 1.807) is 17.0 Å². The zero-order chi connectivity index (χ0) is 14.5. The van der Waals surface area contributed by atoms with Gasteiger partial charge in [0.1, 0.15) is 11.5 Å². The van der Waals surface area contributed by atoms with Crippen molar-refractivity contribution in [2.24, 2.45) is 7.05 Å². The highest BCUT2D eigenvalue weighted by Crippen LogP contribution is 2.06. The van der Waals surface area contributed by atoms with Crippen LogP contribution in [0.3, 0.4) is 0 Å². The van der Waals surface area contributed by atoms with Gasteiger partial charge in [0, 0.05) is 19.4 Å². The number of urea groups is 1. The smallest absolute Gasteiger partial charge is 0.354 e. The summed E-state index contributed by atoms with van der Waals surface area (Å²) < 4.78 is 1.80. The number of carbonyl (C=O) groups is 2. The Kier molecular flexibility index (Phi) is 3.94.